The second-order valence-electron chi connectivity index (χ2n) is 22.2. The number of nitrogens with one attached hydrogen (secondary N) is 4. The molecule has 0 aliphatic carbocycles. The van der Waals surface area contributed by atoms with Crippen LogP contribution >= 0.6 is 11.3 Å². The van der Waals surface area contributed by atoms with Crippen LogP contribution in [0.3, 0.4) is 0 Å². The average Bonchev–Trinajstić information content (AvgIpc) is 4.23. The highest BCUT2D eigenvalue weighted by molar-refractivity contribution is 7.11. The van der Waals surface area contributed by atoms with Crippen LogP contribution < -0.4 is 20.3 Å². The summed E-state index contributed by atoms with van der Waals surface area (Å²) in [4.78, 5) is 81.1. The largest absolute Gasteiger partial charge is 0.465 e. The molecule has 0 bridgehead atoms. The van der Waals surface area contributed by atoms with Crippen LogP contribution in [0.2, 0.25) is 0 Å². The van der Waals surface area contributed by atoms with Gasteiger partial charge in [0, 0.05) is 42.6 Å². The van der Waals surface area contributed by atoms with Gasteiger partial charge in [-0.15, -0.1) is 11.3 Å². The minimum Gasteiger partial charge on any atom is -0.465 e. The number of rotatable bonds is 11. The maximum Gasteiger partial charge on any atom is 0.407 e. The molecule has 4 amide bonds. The van der Waals surface area contributed by atoms with Crippen molar-refractivity contribution in [3.05, 3.63) is 87.4 Å². The molecule has 0 saturated carbocycles. The summed E-state index contributed by atoms with van der Waals surface area (Å²) in [6.45, 7) is 15.7. The van der Waals surface area contributed by atoms with Crippen LogP contribution in [-0.4, -0.2) is 110 Å². The smallest absolute Gasteiger partial charge is 0.407 e. The lowest BCUT2D eigenvalue weighted by atomic mass is 9.82. The Labute approximate surface area is 434 Å². The SMILES string of the molecule is COC(=O)NC(C(=O)N1CCC[C@H]1c1ncc(-c2ccc3c(c2)CC2c4c(F)cc(-c5cnc([C@@H]6CCCN6C(=O)[C@@H](NC(=O)OC)C(C)C)[nH]5)cc4OC(c4cnc(C(C)(C)C)s4)N32)[nH]1)C1CCOC(C)(C)C1. The van der Waals surface area contributed by atoms with E-state index in [9.17, 15) is 19.2 Å². The molecular weight excluding hydrogens is 968 g/mol. The maximum absolute atomic E-state index is 17.1. The monoisotopic (exact) mass is 1030 g/mol. The van der Waals surface area contributed by atoms with Gasteiger partial charge in [-0.05, 0) is 106 Å². The number of amides is 4. The van der Waals surface area contributed by atoms with Crippen LogP contribution in [0.1, 0.15) is 144 Å². The standard InChI is InChI=1S/C54H67FN10O8S/c1-28(2)43(61-51(68)70-8)47(66)63-17-10-12-37(63)46-57-26-35(60-46)31-21-33(55)42-39-22-32-20-29(14-15-36(32)65(39)49(73-40(42)23-31)41-27-58-50(74-41)53(3,4)5)34-25-56-45(59-34)38-13-11-18-64(38)48(67)44(62-52(69)71-9)30-16-19-72-54(6,7)24-30/h14-15,20-21,23,25-28,30,37-39,43-44,49H,10-13,16-19,22,24H2,1-9H3,(H,56,59)(H,57,60)(H,61,68)(H,62,69)/t30?,37-,38-,39?,43-,44?,49?/m0/s1. The lowest BCUT2D eigenvalue weighted by molar-refractivity contribution is -0.139. The number of hydrogen-bond donors (Lipinski definition) is 4. The second-order valence-corrected chi connectivity index (χ2v) is 23.3. The van der Waals surface area contributed by atoms with Crippen molar-refractivity contribution < 1.29 is 42.5 Å². The van der Waals surface area contributed by atoms with Crippen LogP contribution in [0.4, 0.5) is 19.7 Å². The van der Waals surface area contributed by atoms with Crippen LogP contribution in [0.25, 0.3) is 22.5 Å². The topological polar surface area (TPSA) is 209 Å². The number of methoxy groups -OCH3 is 2. The number of hydrogen-bond acceptors (Lipinski definition) is 13. The number of aromatic amines is 2. The Bertz CT molecular complexity index is 2950. The summed E-state index contributed by atoms with van der Waals surface area (Å²) in [5, 5.41) is 6.51. The number of aromatic nitrogens is 5. The molecule has 18 nitrogen and oxygen atoms in total. The number of ether oxygens (including phenoxy) is 4. The van der Waals surface area contributed by atoms with Crippen molar-refractivity contribution in [2.24, 2.45) is 11.8 Å². The third-order valence-corrected chi connectivity index (χ3v) is 16.7. The normalized spacial score (nSPS) is 22.9. The van der Waals surface area contributed by atoms with E-state index in [-0.39, 0.29) is 41.1 Å². The number of alkyl carbamates (subject to hydrolysis) is 2. The summed E-state index contributed by atoms with van der Waals surface area (Å²) in [7, 11) is 2.57. The first-order valence-electron chi connectivity index (χ1n) is 25.7. The Hall–Kier alpha value is -6.54. The van der Waals surface area contributed by atoms with E-state index < -0.39 is 48.0 Å². The molecule has 4 unspecified atom stereocenters. The van der Waals surface area contributed by atoms with E-state index in [1.165, 1.54) is 20.3 Å². The molecule has 10 rings (SSSR count). The number of nitrogens with zero attached hydrogens (tertiary/aromatic N) is 6. The molecule has 7 atom stereocenters. The fourth-order valence-electron chi connectivity index (χ4n) is 11.6. The number of benzene rings is 2. The Morgan fingerprint density at radius 1 is 0.838 bits per heavy atom. The summed E-state index contributed by atoms with van der Waals surface area (Å²) in [5.74, 6) is 0.558. The zero-order chi connectivity index (χ0) is 52.4. The third-order valence-electron chi connectivity index (χ3n) is 15.3. The Morgan fingerprint density at radius 2 is 1.49 bits per heavy atom. The summed E-state index contributed by atoms with van der Waals surface area (Å²) in [6, 6.07) is 6.97. The summed E-state index contributed by atoms with van der Waals surface area (Å²) >= 11 is 1.58. The van der Waals surface area contributed by atoms with E-state index in [4.69, 9.17) is 33.9 Å². The quantitative estimate of drug-likeness (QED) is 0.0976. The molecule has 0 radical (unpaired) electrons. The van der Waals surface area contributed by atoms with Crippen molar-refractivity contribution in [1.82, 2.24) is 45.4 Å². The molecule has 5 aliphatic heterocycles. The number of H-pyrrole nitrogens is 2. The molecule has 0 spiro atoms. The third kappa shape index (κ3) is 9.70. The van der Waals surface area contributed by atoms with Crippen molar-refractivity contribution >= 4 is 41.0 Å². The van der Waals surface area contributed by atoms with Gasteiger partial charge in [0.15, 0.2) is 0 Å². The fraction of sp³-hybridized carbons (Fsp3) is 0.537. The van der Waals surface area contributed by atoms with Gasteiger partial charge < -0.3 is 54.2 Å². The van der Waals surface area contributed by atoms with Crippen LogP contribution in [0.15, 0.2) is 48.9 Å². The summed E-state index contributed by atoms with van der Waals surface area (Å²) < 4.78 is 39.7. The molecule has 5 aromatic rings. The van der Waals surface area contributed by atoms with E-state index in [2.05, 4.69) is 58.4 Å². The first-order chi connectivity index (χ1) is 35.3. The van der Waals surface area contributed by atoms with Gasteiger partial charge in [0.2, 0.25) is 18.0 Å². The second kappa shape index (κ2) is 20.0. The minimum atomic E-state index is -0.776. The summed E-state index contributed by atoms with van der Waals surface area (Å²) in [5.41, 5.74) is 4.56. The number of carbonyl (C=O) groups is 4. The minimum absolute atomic E-state index is 0.130. The van der Waals surface area contributed by atoms with Crippen molar-refractivity contribution in [2.75, 3.05) is 38.8 Å². The molecule has 5 aliphatic rings. The van der Waals surface area contributed by atoms with Crippen molar-refractivity contribution in [2.45, 2.75) is 141 Å². The molecule has 20 heteroatoms. The van der Waals surface area contributed by atoms with E-state index in [1.54, 1.807) is 28.6 Å². The van der Waals surface area contributed by atoms with Gasteiger partial charge in [-0.3, -0.25) is 9.59 Å². The first-order valence-corrected chi connectivity index (χ1v) is 26.6. The highest BCUT2D eigenvalue weighted by Gasteiger charge is 2.47. The highest BCUT2D eigenvalue weighted by atomic mass is 32.1. The molecule has 4 N–H and O–H groups in total. The lowest BCUT2D eigenvalue weighted by Crippen LogP contribution is -2.54. The van der Waals surface area contributed by atoms with Gasteiger partial charge in [-0.2, -0.15) is 0 Å². The van der Waals surface area contributed by atoms with Gasteiger partial charge in [0.05, 0.1) is 77.2 Å². The van der Waals surface area contributed by atoms with Crippen molar-refractivity contribution in [1.29, 1.82) is 0 Å². The van der Waals surface area contributed by atoms with Gasteiger partial charge in [0.1, 0.15) is 35.3 Å². The molecule has 8 heterocycles. The molecule has 394 valence electrons. The number of halogens is 1. The summed E-state index contributed by atoms with van der Waals surface area (Å²) in [6.07, 6.45) is 8.08. The van der Waals surface area contributed by atoms with E-state index in [0.717, 1.165) is 45.2 Å². The maximum atomic E-state index is 17.1. The predicted octanol–water partition coefficient (Wildman–Crippen LogP) is 9.19. The Balaban J connectivity index is 0.929. The molecule has 3 fully saturated rings. The van der Waals surface area contributed by atoms with Gasteiger partial charge >= 0.3 is 12.2 Å². The van der Waals surface area contributed by atoms with Crippen LogP contribution in [0.5, 0.6) is 5.75 Å². The van der Waals surface area contributed by atoms with Crippen LogP contribution in [0, 0.1) is 17.7 Å². The molecule has 74 heavy (non-hydrogen) atoms. The van der Waals surface area contributed by atoms with E-state index >= 15 is 4.39 Å². The van der Waals surface area contributed by atoms with Crippen molar-refractivity contribution in [3.63, 3.8) is 0 Å². The predicted molar refractivity (Wildman–Crippen MR) is 275 cm³/mol. The van der Waals surface area contributed by atoms with Gasteiger partial charge in [-0.25, -0.2) is 28.9 Å². The van der Waals surface area contributed by atoms with Gasteiger partial charge in [0.25, 0.3) is 0 Å². The number of thiazole rings is 1. The average molecular weight is 1040 g/mol. The number of likely N-dealkylation sites (tertiary alicyclic amines) is 2. The zero-order valence-corrected chi connectivity index (χ0v) is 44.4. The number of carbonyl (C=O) groups excluding carboxylic acids is 4. The zero-order valence-electron chi connectivity index (χ0n) is 43.5. The highest BCUT2D eigenvalue weighted by Crippen LogP contribution is 2.54. The van der Waals surface area contributed by atoms with E-state index in [1.807, 2.05) is 50.9 Å². The molecule has 3 aromatic heterocycles. The lowest BCUT2D eigenvalue weighted by Gasteiger charge is -2.40. The first kappa shape index (κ1) is 51.0. The fourth-order valence-corrected chi connectivity index (χ4v) is 12.6. The van der Waals surface area contributed by atoms with Crippen molar-refractivity contribution in [3.8, 4) is 28.3 Å². The number of fused-ring (bicyclic) bond motifs is 5. The molecule has 2 aromatic carbocycles. The van der Waals surface area contributed by atoms with E-state index in [0.29, 0.717) is 86.0 Å². The Kier molecular flexibility index (Phi) is 13.7. The molecule has 3 saturated heterocycles. The number of anilines is 1. The molecular formula is C54H67FN10O8S. The number of imidazole rings is 2. The van der Waals surface area contributed by atoms with Crippen LogP contribution in [-0.2, 0) is 35.6 Å². The van der Waals surface area contributed by atoms with Gasteiger partial charge in [-0.1, -0.05) is 40.7 Å². The Morgan fingerprint density at radius 3 is 2.11 bits per heavy atom.